The van der Waals surface area contributed by atoms with Crippen LogP contribution in [0.15, 0.2) is 18.2 Å². The van der Waals surface area contributed by atoms with Gasteiger partial charge in [-0.2, -0.15) is 0 Å². The molecular weight excluding hydrogens is 324 g/mol. The molecule has 0 aliphatic carbocycles. The van der Waals surface area contributed by atoms with Crippen molar-refractivity contribution in [1.29, 1.82) is 0 Å². The van der Waals surface area contributed by atoms with Crippen molar-refractivity contribution in [2.45, 2.75) is 52.2 Å². The summed E-state index contributed by atoms with van der Waals surface area (Å²) in [6.45, 7) is 12.7. The predicted molar refractivity (Wildman–Crippen MR) is 96.4 cm³/mol. The number of carbonyl (C=O) groups is 2. The summed E-state index contributed by atoms with van der Waals surface area (Å²) in [5, 5.41) is 0.0329. The molecule has 1 rings (SSSR count). The van der Waals surface area contributed by atoms with E-state index in [4.69, 9.17) is 13.9 Å². The van der Waals surface area contributed by atoms with Crippen molar-refractivity contribution >= 4 is 20.1 Å². The average molecular weight is 353 g/mol. The maximum Gasteiger partial charge on any atom is 0.313 e. The lowest BCUT2D eigenvalue weighted by Crippen LogP contribution is -2.43. The monoisotopic (exact) mass is 352 g/mol. The number of carbonyl (C=O) groups excluding carboxylic acids is 2. The van der Waals surface area contributed by atoms with E-state index in [0.717, 1.165) is 0 Å². The molecule has 5 nitrogen and oxygen atoms in total. The molecule has 0 N–H and O–H groups in total. The van der Waals surface area contributed by atoms with Crippen molar-refractivity contribution in [3.05, 3.63) is 23.8 Å². The third kappa shape index (κ3) is 5.37. The van der Waals surface area contributed by atoms with E-state index in [0.29, 0.717) is 17.1 Å². The zero-order valence-electron chi connectivity index (χ0n) is 15.7. The van der Waals surface area contributed by atoms with Crippen LogP contribution in [0.4, 0.5) is 0 Å². The molecule has 134 valence electrons. The number of ketones is 1. The molecule has 0 aromatic heterocycles. The molecule has 1 aromatic carbocycles. The number of hydrogen-bond acceptors (Lipinski definition) is 5. The Morgan fingerprint density at radius 1 is 1.08 bits per heavy atom. The van der Waals surface area contributed by atoms with E-state index >= 15 is 0 Å². The molecule has 0 heterocycles. The van der Waals surface area contributed by atoms with Gasteiger partial charge in [-0.05, 0) is 37.2 Å². The Balaban J connectivity index is 3.08. The smallest absolute Gasteiger partial charge is 0.313 e. The number of benzene rings is 1. The van der Waals surface area contributed by atoms with E-state index in [-0.39, 0.29) is 23.8 Å². The maximum atomic E-state index is 12.3. The first-order chi connectivity index (χ1) is 11.0. The molecular formula is C18H28O5Si. The zero-order chi connectivity index (χ0) is 18.5. The Bertz CT molecular complexity index is 602. The van der Waals surface area contributed by atoms with Gasteiger partial charge in [0.2, 0.25) is 8.32 Å². The summed E-state index contributed by atoms with van der Waals surface area (Å²) in [4.78, 5) is 23.8. The molecule has 0 fully saturated rings. The van der Waals surface area contributed by atoms with Gasteiger partial charge < -0.3 is 13.9 Å². The van der Waals surface area contributed by atoms with Crippen LogP contribution >= 0.6 is 0 Å². The molecule has 0 saturated carbocycles. The van der Waals surface area contributed by atoms with E-state index in [9.17, 15) is 9.59 Å². The van der Waals surface area contributed by atoms with Crippen LogP contribution in [0.2, 0.25) is 18.1 Å². The Kier molecular flexibility index (Phi) is 6.60. The zero-order valence-corrected chi connectivity index (χ0v) is 16.7. The Hall–Kier alpha value is -1.82. The fraction of sp³-hybridized carbons (Fsp3) is 0.556. The normalized spacial score (nSPS) is 11.8. The first-order valence-corrected chi connectivity index (χ1v) is 11.0. The molecule has 24 heavy (non-hydrogen) atoms. The molecule has 0 atom stereocenters. The van der Waals surface area contributed by atoms with E-state index in [1.54, 1.807) is 25.1 Å². The number of hydrogen-bond donors (Lipinski definition) is 0. The molecule has 0 aliphatic rings. The lowest BCUT2D eigenvalue weighted by molar-refractivity contribution is -0.141. The van der Waals surface area contributed by atoms with Gasteiger partial charge in [-0.1, -0.05) is 20.8 Å². The minimum Gasteiger partial charge on any atom is -0.543 e. The SMILES string of the molecule is CCOC(=O)CC(=O)c1cc(OC)cc(O[Si](C)(C)C(C)(C)C)c1. The van der Waals surface area contributed by atoms with Crippen molar-refractivity contribution in [1.82, 2.24) is 0 Å². The van der Waals surface area contributed by atoms with Gasteiger partial charge in [0.15, 0.2) is 5.78 Å². The topological polar surface area (TPSA) is 61.8 Å². The molecule has 0 spiro atoms. The lowest BCUT2D eigenvalue weighted by atomic mass is 10.1. The highest BCUT2D eigenvalue weighted by atomic mass is 28.4. The van der Waals surface area contributed by atoms with Gasteiger partial charge >= 0.3 is 5.97 Å². The first-order valence-electron chi connectivity index (χ1n) is 8.07. The van der Waals surface area contributed by atoms with Crippen LogP contribution in [-0.2, 0) is 9.53 Å². The minimum absolute atomic E-state index is 0.0329. The summed E-state index contributed by atoms with van der Waals surface area (Å²) >= 11 is 0. The van der Waals surface area contributed by atoms with Crippen LogP contribution in [0.1, 0.15) is 44.5 Å². The predicted octanol–water partition coefficient (Wildman–Crippen LogP) is 4.22. The van der Waals surface area contributed by atoms with Crippen LogP contribution in [-0.4, -0.2) is 33.8 Å². The van der Waals surface area contributed by atoms with Crippen molar-refractivity contribution < 1.29 is 23.5 Å². The molecule has 1 aromatic rings. The van der Waals surface area contributed by atoms with E-state index < -0.39 is 14.3 Å². The standard InChI is InChI=1S/C18H28O5Si/c1-8-22-17(20)12-16(19)13-9-14(21-5)11-15(10-13)23-24(6,7)18(2,3)4/h9-11H,8,12H2,1-7H3. The summed E-state index contributed by atoms with van der Waals surface area (Å²) in [6.07, 6.45) is -0.291. The fourth-order valence-corrected chi connectivity index (χ4v) is 2.82. The summed E-state index contributed by atoms with van der Waals surface area (Å²) in [5.74, 6) is 0.274. The van der Waals surface area contributed by atoms with Crippen LogP contribution in [0.3, 0.4) is 0 Å². The molecule has 0 unspecified atom stereocenters. The van der Waals surface area contributed by atoms with Gasteiger partial charge in [0.1, 0.15) is 17.9 Å². The number of methoxy groups -OCH3 is 1. The third-order valence-corrected chi connectivity index (χ3v) is 8.59. The number of Topliss-reactive ketones (excluding diaryl/α,β-unsaturated/α-hetero) is 1. The first kappa shape index (κ1) is 20.2. The van der Waals surface area contributed by atoms with E-state index in [2.05, 4.69) is 33.9 Å². The number of ether oxygens (including phenoxy) is 2. The molecule has 6 heteroatoms. The fourth-order valence-electron chi connectivity index (χ4n) is 1.80. The van der Waals surface area contributed by atoms with Crippen molar-refractivity contribution in [2.24, 2.45) is 0 Å². The summed E-state index contributed by atoms with van der Waals surface area (Å²) in [5.41, 5.74) is 0.385. The van der Waals surface area contributed by atoms with Gasteiger partial charge in [-0.25, -0.2) is 0 Å². The molecule has 0 amide bonds. The molecule has 0 saturated heterocycles. The summed E-state index contributed by atoms with van der Waals surface area (Å²) in [7, 11) is -0.510. The van der Waals surface area contributed by atoms with Gasteiger partial charge in [0.05, 0.1) is 13.7 Å². The Morgan fingerprint density at radius 2 is 1.67 bits per heavy atom. The van der Waals surface area contributed by atoms with Crippen molar-refractivity contribution in [2.75, 3.05) is 13.7 Å². The van der Waals surface area contributed by atoms with Crippen LogP contribution in [0.5, 0.6) is 11.5 Å². The largest absolute Gasteiger partial charge is 0.543 e. The minimum atomic E-state index is -2.04. The highest BCUT2D eigenvalue weighted by Crippen LogP contribution is 2.38. The van der Waals surface area contributed by atoms with Gasteiger partial charge in [0.25, 0.3) is 0 Å². The van der Waals surface area contributed by atoms with Crippen LogP contribution < -0.4 is 9.16 Å². The third-order valence-electron chi connectivity index (χ3n) is 4.23. The Labute approximate surface area is 145 Å². The van der Waals surface area contributed by atoms with Gasteiger partial charge in [-0.3, -0.25) is 9.59 Å². The summed E-state index contributed by atoms with van der Waals surface area (Å²) < 4.78 is 16.3. The molecule has 0 radical (unpaired) electrons. The highest BCUT2D eigenvalue weighted by Gasteiger charge is 2.39. The second-order valence-electron chi connectivity index (χ2n) is 7.16. The van der Waals surface area contributed by atoms with Crippen molar-refractivity contribution in [3.8, 4) is 11.5 Å². The molecule has 0 aliphatic heterocycles. The number of rotatable bonds is 7. The van der Waals surface area contributed by atoms with Crippen molar-refractivity contribution in [3.63, 3.8) is 0 Å². The van der Waals surface area contributed by atoms with Gasteiger partial charge in [0, 0.05) is 11.6 Å². The highest BCUT2D eigenvalue weighted by molar-refractivity contribution is 6.74. The lowest BCUT2D eigenvalue weighted by Gasteiger charge is -2.36. The summed E-state index contributed by atoms with van der Waals surface area (Å²) in [6, 6.07) is 5.05. The molecule has 0 bridgehead atoms. The van der Waals surface area contributed by atoms with Gasteiger partial charge in [-0.15, -0.1) is 0 Å². The second-order valence-corrected chi connectivity index (χ2v) is 11.9. The number of esters is 1. The second kappa shape index (κ2) is 7.83. The van der Waals surface area contributed by atoms with Crippen LogP contribution in [0.25, 0.3) is 0 Å². The van der Waals surface area contributed by atoms with E-state index in [1.807, 2.05) is 0 Å². The Morgan fingerprint density at radius 3 is 2.17 bits per heavy atom. The average Bonchev–Trinajstić information content (AvgIpc) is 2.45. The van der Waals surface area contributed by atoms with Crippen LogP contribution in [0, 0.1) is 0 Å². The van der Waals surface area contributed by atoms with E-state index in [1.165, 1.54) is 7.11 Å². The quantitative estimate of drug-likeness (QED) is 0.318. The maximum absolute atomic E-state index is 12.3.